The van der Waals surface area contributed by atoms with E-state index in [1.165, 1.54) is 5.56 Å². The lowest BCUT2D eigenvalue weighted by molar-refractivity contribution is -0.117. The molecule has 1 aromatic carbocycles. The maximum atomic E-state index is 11.8. The van der Waals surface area contributed by atoms with E-state index in [2.05, 4.69) is 20.3 Å². The molecule has 1 saturated heterocycles. The number of carbonyl (C=O) groups is 1. The minimum atomic E-state index is -0.0938. The van der Waals surface area contributed by atoms with Gasteiger partial charge in [0.25, 0.3) is 5.95 Å². The summed E-state index contributed by atoms with van der Waals surface area (Å²) in [5.41, 5.74) is 3.77. The minimum absolute atomic E-state index is 0.0938. The van der Waals surface area contributed by atoms with Crippen LogP contribution in [0.15, 0.2) is 35.3 Å². The average molecular weight is 295 g/mol. The van der Waals surface area contributed by atoms with E-state index in [1.54, 1.807) is 0 Å². The zero-order valence-electron chi connectivity index (χ0n) is 12.8. The van der Waals surface area contributed by atoms with Gasteiger partial charge in [0.2, 0.25) is 11.9 Å². The Hall–Kier alpha value is -2.76. The highest BCUT2D eigenvalue weighted by atomic mass is 16.2. The van der Waals surface area contributed by atoms with Crippen LogP contribution in [0.25, 0.3) is 0 Å². The van der Waals surface area contributed by atoms with E-state index in [-0.39, 0.29) is 12.5 Å². The number of benzene rings is 1. The van der Waals surface area contributed by atoms with Gasteiger partial charge in [-0.05, 0) is 39.0 Å². The zero-order chi connectivity index (χ0) is 15.7. The van der Waals surface area contributed by atoms with E-state index in [4.69, 9.17) is 0 Å². The summed E-state index contributed by atoms with van der Waals surface area (Å²) < 4.78 is 0. The Morgan fingerprint density at radius 2 is 1.73 bits per heavy atom. The Balaban J connectivity index is 1.98. The molecule has 0 bridgehead atoms. The van der Waals surface area contributed by atoms with Crippen LogP contribution in [0.2, 0.25) is 0 Å². The fourth-order valence-corrected chi connectivity index (χ4v) is 2.33. The Morgan fingerprint density at radius 3 is 2.36 bits per heavy atom. The third-order valence-electron chi connectivity index (χ3n) is 3.33. The summed E-state index contributed by atoms with van der Waals surface area (Å²) in [6.07, 6.45) is 0. The van der Waals surface area contributed by atoms with Crippen LogP contribution in [0.3, 0.4) is 0 Å². The third-order valence-corrected chi connectivity index (χ3v) is 3.33. The number of hydrogen-bond acceptors (Lipinski definition) is 4. The van der Waals surface area contributed by atoms with Crippen LogP contribution in [-0.2, 0) is 4.79 Å². The maximum Gasteiger partial charge on any atom is 0.253 e. The number of aliphatic imine (C=N–C) groups is 1. The van der Waals surface area contributed by atoms with E-state index in [0.29, 0.717) is 11.9 Å². The molecule has 3 rings (SSSR count). The monoisotopic (exact) mass is 295 g/mol. The first-order chi connectivity index (χ1) is 10.5. The molecule has 6 nitrogen and oxygen atoms in total. The quantitative estimate of drug-likeness (QED) is 0.920. The Kier molecular flexibility index (Phi) is 3.58. The molecule has 1 aromatic heterocycles. The van der Waals surface area contributed by atoms with Crippen LogP contribution in [0.1, 0.15) is 17.0 Å². The highest BCUT2D eigenvalue weighted by Gasteiger charge is 2.26. The van der Waals surface area contributed by atoms with Gasteiger partial charge in [-0.3, -0.25) is 10.1 Å². The molecular weight excluding hydrogens is 278 g/mol. The number of rotatable bonds is 2. The highest BCUT2D eigenvalue weighted by molar-refractivity contribution is 6.15. The van der Waals surface area contributed by atoms with Crippen molar-refractivity contribution in [1.29, 1.82) is 0 Å². The molecule has 2 heterocycles. The summed E-state index contributed by atoms with van der Waals surface area (Å²) in [5, 5.41) is 2.76. The second-order valence-electron chi connectivity index (χ2n) is 5.36. The van der Waals surface area contributed by atoms with Crippen LogP contribution in [0, 0.1) is 20.8 Å². The van der Waals surface area contributed by atoms with Crippen LogP contribution in [0.4, 0.5) is 11.6 Å². The van der Waals surface area contributed by atoms with Crippen molar-refractivity contribution in [3.05, 3.63) is 47.3 Å². The number of aromatic nitrogens is 2. The molecule has 0 atom stereocenters. The molecule has 22 heavy (non-hydrogen) atoms. The molecule has 1 aliphatic heterocycles. The predicted molar refractivity (Wildman–Crippen MR) is 85.3 cm³/mol. The van der Waals surface area contributed by atoms with E-state index in [9.17, 15) is 4.79 Å². The lowest BCUT2D eigenvalue weighted by atomic mass is 10.2. The first kappa shape index (κ1) is 14.2. The largest absolute Gasteiger partial charge is 0.303 e. The van der Waals surface area contributed by atoms with Gasteiger partial charge in [0.1, 0.15) is 6.54 Å². The van der Waals surface area contributed by atoms with E-state index >= 15 is 0 Å². The van der Waals surface area contributed by atoms with Crippen LogP contribution < -0.4 is 10.2 Å². The van der Waals surface area contributed by atoms with Crippen molar-refractivity contribution < 1.29 is 4.79 Å². The van der Waals surface area contributed by atoms with Crippen molar-refractivity contribution in [3.8, 4) is 0 Å². The van der Waals surface area contributed by atoms with Crippen molar-refractivity contribution in [3.63, 3.8) is 0 Å². The number of hydrogen-bond donors (Lipinski definition) is 1. The van der Waals surface area contributed by atoms with Crippen LogP contribution in [-0.4, -0.2) is 28.4 Å². The molecule has 0 saturated carbocycles. The van der Waals surface area contributed by atoms with Crippen molar-refractivity contribution in [2.45, 2.75) is 20.8 Å². The van der Waals surface area contributed by atoms with Gasteiger partial charge in [-0.1, -0.05) is 17.7 Å². The van der Waals surface area contributed by atoms with Gasteiger partial charge >= 0.3 is 0 Å². The number of nitrogens with zero attached hydrogens (tertiary/aromatic N) is 4. The van der Waals surface area contributed by atoms with E-state index in [1.807, 2.05) is 56.0 Å². The molecule has 112 valence electrons. The highest BCUT2D eigenvalue weighted by Crippen LogP contribution is 2.19. The SMILES string of the molecule is Cc1ccc(N2CC(=O)NC2=Nc2nc(C)cc(C)n2)cc1. The summed E-state index contributed by atoms with van der Waals surface area (Å²) in [4.78, 5) is 26.6. The number of aryl methyl sites for hydroxylation is 3. The molecule has 0 radical (unpaired) electrons. The minimum Gasteiger partial charge on any atom is -0.303 e. The van der Waals surface area contributed by atoms with Gasteiger partial charge in [0, 0.05) is 17.1 Å². The van der Waals surface area contributed by atoms with Gasteiger partial charge < -0.3 is 4.90 Å². The zero-order valence-corrected chi connectivity index (χ0v) is 12.8. The summed E-state index contributed by atoms with van der Waals surface area (Å²) >= 11 is 0. The van der Waals surface area contributed by atoms with Gasteiger partial charge in [0.05, 0.1) is 0 Å². The van der Waals surface area contributed by atoms with Crippen molar-refractivity contribution in [2.75, 3.05) is 11.4 Å². The summed E-state index contributed by atoms with van der Waals surface area (Å²) in [5.74, 6) is 0.717. The summed E-state index contributed by atoms with van der Waals surface area (Å²) in [6.45, 7) is 6.05. The smallest absolute Gasteiger partial charge is 0.253 e. The van der Waals surface area contributed by atoms with Gasteiger partial charge in [-0.25, -0.2) is 9.97 Å². The molecular formula is C16H17N5O. The molecule has 1 N–H and O–H groups in total. The average Bonchev–Trinajstić information content (AvgIpc) is 2.79. The molecule has 6 heteroatoms. The molecule has 0 unspecified atom stereocenters. The lowest BCUT2D eigenvalue weighted by Crippen LogP contribution is -2.30. The lowest BCUT2D eigenvalue weighted by Gasteiger charge is -2.16. The Morgan fingerprint density at radius 1 is 1.09 bits per heavy atom. The summed E-state index contributed by atoms with van der Waals surface area (Å²) in [6, 6.07) is 9.82. The van der Waals surface area contributed by atoms with Crippen molar-refractivity contribution >= 4 is 23.5 Å². The second kappa shape index (κ2) is 5.55. The van der Waals surface area contributed by atoms with E-state index < -0.39 is 0 Å². The first-order valence-electron chi connectivity index (χ1n) is 7.06. The van der Waals surface area contributed by atoms with E-state index in [0.717, 1.165) is 17.1 Å². The number of nitrogens with one attached hydrogen (secondary N) is 1. The molecule has 0 spiro atoms. The molecule has 1 aliphatic rings. The Bertz CT molecular complexity index is 731. The molecule has 1 fully saturated rings. The van der Waals surface area contributed by atoms with Crippen molar-refractivity contribution in [2.24, 2.45) is 4.99 Å². The standard InChI is InChI=1S/C16H17N5O/c1-10-4-6-13(7-5-10)21-9-14(22)19-16(21)20-15-17-11(2)8-12(3)18-15/h4-8H,9H2,1-3H3,(H,17,18,19,20,22). The molecule has 0 aliphatic carbocycles. The van der Waals surface area contributed by atoms with Gasteiger partial charge in [0.15, 0.2) is 0 Å². The summed E-state index contributed by atoms with van der Waals surface area (Å²) in [7, 11) is 0. The topological polar surface area (TPSA) is 70.5 Å². The molecule has 2 aromatic rings. The fourth-order valence-electron chi connectivity index (χ4n) is 2.33. The van der Waals surface area contributed by atoms with Crippen LogP contribution in [0.5, 0.6) is 0 Å². The first-order valence-corrected chi connectivity index (χ1v) is 7.06. The Labute approximate surface area is 128 Å². The van der Waals surface area contributed by atoms with Crippen molar-refractivity contribution in [1.82, 2.24) is 15.3 Å². The third kappa shape index (κ3) is 2.95. The normalized spacial score (nSPS) is 16.2. The number of anilines is 1. The maximum absolute atomic E-state index is 11.8. The van der Waals surface area contributed by atoms with Crippen LogP contribution >= 0.6 is 0 Å². The number of carbonyl (C=O) groups excluding carboxylic acids is 1. The predicted octanol–water partition coefficient (Wildman–Crippen LogP) is 2.03. The fraction of sp³-hybridized carbons (Fsp3) is 0.250. The number of guanidine groups is 1. The second-order valence-corrected chi connectivity index (χ2v) is 5.36. The molecule has 1 amide bonds. The number of amides is 1. The van der Waals surface area contributed by atoms with Gasteiger partial charge in [-0.15, -0.1) is 0 Å². The van der Waals surface area contributed by atoms with Gasteiger partial charge in [-0.2, -0.15) is 4.99 Å².